The number of carbonyl (C=O) groups excluding carboxylic acids is 2. The topological polar surface area (TPSA) is 101 Å². The van der Waals surface area contributed by atoms with Crippen LogP contribution in [0.25, 0.3) is 10.9 Å². The van der Waals surface area contributed by atoms with Crippen molar-refractivity contribution in [2.75, 3.05) is 63.7 Å². The van der Waals surface area contributed by atoms with Gasteiger partial charge in [-0.3, -0.25) is 19.1 Å². The number of ether oxygens (including phenoxy) is 2. The molecule has 10 nitrogen and oxygen atoms in total. The lowest BCUT2D eigenvalue weighted by Crippen LogP contribution is -2.47. The second-order valence-corrected chi connectivity index (χ2v) is 10.2. The Morgan fingerprint density at radius 2 is 1.88 bits per heavy atom. The second-order valence-electron chi connectivity index (χ2n) is 9.86. The fourth-order valence-electron chi connectivity index (χ4n) is 5.33. The maximum Gasteiger partial charge on any atom is 0.248 e. The number of nitrogens with one attached hydrogen (secondary N) is 2. The Labute approximate surface area is 237 Å². The fraction of sp³-hybridized carbons (Fsp3) is 0.429. The summed E-state index contributed by atoms with van der Waals surface area (Å²) < 4.78 is 26.8. The molecule has 1 unspecified atom stereocenters. The lowest BCUT2D eigenvalue weighted by Gasteiger charge is -2.36. The van der Waals surface area contributed by atoms with Crippen molar-refractivity contribution in [1.29, 1.82) is 0 Å². The summed E-state index contributed by atoms with van der Waals surface area (Å²) in [4.78, 5) is 34.3. The summed E-state index contributed by atoms with van der Waals surface area (Å²) >= 11 is 5.51. The number of benzene rings is 2. The summed E-state index contributed by atoms with van der Waals surface area (Å²) in [5.74, 6) is 1.05. The van der Waals surface area contributed by atoms with Gasteiger partial charge in [-0.25, -0.2) is 9.37 Å². The molecule has 2 amide bonds. The molecule has 212 valence electrons. The zero-order valence-corrected chi connectivity index (χ0v) is 23.4. The Morgan fingerprint density at radius 1 is 1.15 bits per heavy atom. The number of carbonyl (C=O) groups is 2. The maximum absolute atomic E-state index is 14.1. The standard InChI is InChI=1S/C28H33FN6O4S/c1-38-23-16-18-20(17-24(23)39-2)31-28(40)35-22(27(37)32-26(18)35)8-9-25(36)30-10-5-11-33-12-14-34(15-13-33)21-7-4-3-6-19(21)29/h3-4,6-7,16-17,22H,5,8-15H2,1-2H3,(H,30,36)(H,32,37). The maximum atomic E-state index is 14.1. The molecule has 3 aromatic rings. The molecule has 3 heterocycles. The van der Waals surface area contributed by atoms with Crippen molar-refractivity contribution in [2.24, 2.45) is 0 Å². The highest BCUT2D eigenvalue weighted by atomic mass is 32.1. The van der Waals surface area contributed by atoms with Crippen molar-refractivity contribution >= 4 is 46.4 Å². The van der Waals surface area contributed by atoms with Crippen LogP contribution in [0.3, 0.4) is 0 Å². The summed E-state index contributed by atoms with van der Waals surface area (Å²) in [6.07, 6.45) is 1.30. The molecule has 2 aliphatic heterocycles. The Kier molecular flexibility index (Phi) is 8.46. The minimum atomic E-state index is -0.621. The van der Waals surface area contributed by atoms with Gasteiger partial charge in [0.15, 0.2) is 11.5 Å². The lowest BCUT2D eigenvalue weighted by molar-refractivity contribution is -0.122. The number of para-hydroxylation sites is 1. The van der Waals surface area contributed by atoms with Crippen molar-refractivity contribution in [3.05, 3.63) is 47.0 Å². The number of hydrogen-bond donors (Lipinski definition) is 2. The highest BCUT2D eigenvalue weighted by Crippen LogP contribution is 2.38. The molecule has 0 bridgehead atoms. The number of fused-ring (bicyclic) bond motifs is 3. The van der Waals surface area contributed by atoms with Gasteiger partial charge in [-0.1, -0.05) is 12.1 Å². The first kappa shape index (κ1) is 27.8. The first-order valence-corrected chi connectivity index (χ1v) is 13.8. The van der Waals surface area contributed by atoms with Crippen LogP contribution in [0, 0.1) is 10.6 Å². The van der Waals surface area contributed by atoms with Gasteiger partial charge in [0.25, 0.3) is 0 Å². The molecule has 2 aromatic carbocycles. The summed E-state index contributed by atoms with van der Waals surface area (Å²) in [5.41, 5.74) is 1.24. The lowest BCUT2D eigenvalue weighted by atomic mass is 10.1. The molecular formula is C28H33FN6O4S. The van der Waals surface area contributed by atoms with Gasteiger partial charge in [-0.05, 0) is 49.8 Å². The van der Waals surface area contributed by atoms with E-state index in [0.717, 1.165) is 39.1 Å². The molecule has 0 aliphatic carbocycles. The zero-order chi connectivity index (χ0) is 28.2. The van der Waals surface area contributed by atoms with Crippen LogP contribution < -0.4 is 25.0 Å². The van der Waals surface area contributed by atoms with E-state index in [4.69, 9.17) is 21.7 Å². The van der Waals surface area contributed by atoms with E-state index in [1.165, 1.54) is 6.07 Å². The van der Waals surface area contributed by atoms with Gasteiger partial charge in [-0.15, -0.1) is 0 Å². The van der Waals surface area contributed by atoms with Crippen molar-refractivity contribution in [2.45, 2.75) is 25.3 Å². The number of piperazine rings is 1. The van der Waals surface area contributed by atoms with E-state index in [9.17, 15) is 14.0 Å². The Bertz CT molecular complexity index is 1470. The number of halogens is 1. The zero-order valence-electron chi connectivity index (χ0n) is 22.6. The fourth-order valence-corrected chi connectivity index (χ4v) is 5.65. The average molecular weight is 569 g/mol. The van der Waals surface area contributed by atoms with Crippen LogP contribution >= 0.6 is 12.2 Å². The predicted molar refractivity (Wildman–Crippen MR) is 153 cm³/mol. The van der Waals surface area contributed by atoms with Crippen LogP contribution in [-0.2, 0) is 9.59 Å². The summed E-state index contributed by atoms with van der Waals surface area (Å²) in [5, 5.41) is 6.55. The minimum Gasteiger partial charge on any atom is -0.493 e. The van der Waals surface area contributed by atoms with Gasteiger partial charge in [0, 0.05) is 50.6 Å². The quantitative estimate of drug-likeness (QED) is 0.283. The van der Waals surface area contributed by atoms with Crippen LogP contribution in [-0.4, -0.2) is 79.8 Å². The monoisotopic (exact) mass is 568 g/mol. The third kappa shape index (κ3) is 5.73. The van der Waals surface area contributed by atoms with Crippen LogP contribution in [0.1, 0.15) is 25.3 Å². The number of aromatic nitrogens is 2. The molecule has 2 N–H and O–H groups in total. The molecule has 1 atom stereocenters. The Balaban J connectivity index is 1.10. The third-order valence-corrected chi connectivity index (χ3v) is 7.75. The molecule has 1 saturated heterocycles. The Morgan fingerprint density at radius 3 is 2.60 bits per heavy atom. The number of amides is 2. The van der Waals surface area contributed by atoms with Crippen molar-refractivity contribution in [1.82, 2.24) is 19.8 Å². The molecule has 0 spiro atoms. The Hall–Kier alpha value is -3.77. The van der Waals surface area contributed by atoms with E-state index in [0.29, 0.717) is 46.9 Å². The second kappa shape index (κ2) is 12.2. The molecule has 2 aliphatic rings. The van der Waals surface area contributed by atoms with E-state index in [-0.39, 0.29) is 28.8 Å². The number of nitrogens with zero attached hydrogens (tertiary/aromatic N) is 4. The van der Waals surface area contributed by atoms with E-state index < -0.39 is 6.04 Å². The van der Waals surface area contributed by atoms with Gasteiger partial charge >= 0.3 is 0 Å². The summed E-state index contributed by atoms with van der Waals surface area (Å²) in [7, 11) is 3.08. The van der Waals surface area contributed by atoms with Gasteiger partial charge in [0.2, 0.25) is 16.6 Å². The van der Waals surface area contributed by atoms with Gasteiger partial charge in [0.05, 0.1) is 25.4 Å². The van der Waals surface area contributed by atoms with Crippen LogP contribution in [0.2, 0.25) is 0 Å². The highest BCUT2D eigenvalue weighted by Gasteiger charge is 2.33. The molecule has 5 rings (SSSR count). The average Bonchev–Trinajstić information content (AvgIpc) is 3.30. The number of hydrogen-bond acceptors (Lipinski definition) is 8. The van der Waals surface area contributed by atoms with Gasteiger partial charge in [0.1, 0.15) is 17.7 Å². The van der Waals surface area contributed by atoms with Gasteiger partial charge in [-0.2, -0.15) is 0 Å². The van der Waals surface area contributed by atoms with E-state index in [1.54, 1.807) is 37.0 Å². The third-order valence-electron chi connectivity index (χ3n) is 7.46. The molecule has 12 heteroatoms. The van der Waals surface area contributed by atoms with Crippen molar-refractivity contribution in [3.8, 4) is 11.5 Å². The van der Waals surface area contributed by atoms with Gasteiger partial charge < -0.3 is 25.0 Å². The summed E-state index contributed by atoms with van der Waals surface area (Å²) in [6, 6.07) is 9.73. The molecule has 40 heavy (non-hydrogen) atoms. The normalized spacial score (nSPS) is 17.0. The largest absolute Gasteiger partial charge is 0.493 e. The van der Waals surface area contributed by atoms with E-state index in [1.807, 2.05) is 12.1 Å². The summed E-state index contributed by atoms with van der Waals surface area (Å²) in [6.45, 7) is 4.64. The number of rotatable bonds is 10. The smallest absolute Gasteiger partial charge is 0.248 e. The SMILES string of the molecule is COc1cc2nc(=S)n3c(c2cc1OC)NC(=O)C3CCC(=O)NCCCN1CCN(c2ccccc2F)CC1. The molecular weight excluding hydrogens is 535 g/mol. The van der Waals surface area contributed by atoms with Crippen molar-refractivity contribution in [3.63, 3.8) is 0 Å². The number of methoxy groups -OCH3 is 2. The molecule has 1 fully saturated rings. The van der Waals surface area contributed by atoms with E-state index >= 15 is 0 Å². The van der Waals surface area contributed by atoms with Crippen LogP contribution in [0.15, 0.2) is 36.4 Å². The molecule has 0 saturated carbocycles. The predicted octanol–water partition coefficient (Wildman–Crippen LogP) is 3.52. The first-order chi connectivity index (χ1) is 19.4. The number of anilines is 2. The van der Waals surface area contributed by atoms with Crippen molar-refractivity contribution < 1.29 is 23.5 Å². The molecule has 0 radical (unpaired) electrons. The first-order valence-electron chi connectivity index (χ1n) is 13.4. The highest BCUT2D eigenvalue weighted by molar-refractivity contribution is 7.71. The molecule has 1 aromatic heterocycles. The van der Waals surface area contributed by atoms with E-state index in [2.05, 4.69) is 25.4 Å². The van der Waals surface area contributed by atoms with Crippen LogP contribution in [0.5, 0.6) is 11.5 Å². The van der Waals surface area contributed by atoms with Crippen LogP contribution in [0.4, 0.5) is 15.9 Å². The minimum absolute atomic E-state index is 0.114.